The van der Waals surface area contributed by atoms with Gasteiger partial charge in [0.2, 0.25) is 0 Å². The number of esters is 1. The van der Waals surface area contributed by atoms with E-state index in [4.69, 9.17) is 9.47 Å². The summed E-state index contributed by atoms with van der Waals surface area (Å²) in [6, 6.07) is 17.1. The van der Waals surface area contributed by atoms with E-state index in [-0.39, 0.29) is 12.2 Å². The lowest BCUT2D eigenvalue weighted by molar-refractivity contribution is -0.136. The number of benzene rings is 2. The standard InChI is InChI=1S/C25H24N2O4/c1-3-8-18-12-13-22(23(16-18)30-2)31-25(29)21(15-19-9-5-4-6-10-19)27-24(28)20-11-7-14-26-17-20/h3-7,9-14,16-17,21H,1,8,15H2,2H3,(H,27,28). The summed E-state index contributed by atoms with van der Waals surface area (Å²) >= 11 is 0. The maximum atomic E-state index is 13.0. The highest BCUT2D eigenvalue weighted by Gasteiger charge is 2.25. The predicted molar refractivity (Wildman–Crippen MR) is 118 cm³/mol. The third-order valence-electron chi connectivity index (χ3n) is 4.61. The summed E-state index contributed by atoms with van der Waals surface area (Å²) in [5.41, 5.74) is 2.24. The molecule has 158 valence electrons. The summed E-state index contributed by atoms with van der Waals surface area (Å²) in [7, 11) is 1.51. The lowest BCUT2D eigenvalue weighted by Gasteiger charge is -2.19. The zero-order valence-corrected chi connectivity index (χ0v) is 17.3. The van der Waals surface area contributed by atoms with E-state index in [0.717, 1.165) is 11.1 Å². The van der Waals surface area contributed by atoms with E-state index in [2.05, 4.69) is 16.9 Å². The van der Waals surface area contributed by atoms with Crippen molar-refractivity contribution < 1.29 is 19.1 Å². The summed E-state index contributed by atoms with van der Waals surface area (Å²) in [5, 5.41) is 2.76. The molecule has 0 saturated heterocycles. The molecule has 0 spiro atoms. The van der Waals surface area contributed by atoms with Crippen molar-refractivity contribution >= 4 is 11.9 Å². The van der Waals surface area contributed by atoms with Gasteiger partial charge in [-0.05, 0) is 41.8 Å². The molecule has 1 unspecified atom stereocenters. The Morgan fingerprint density at radius 3 is 2.55 bits per heavy atom. The molecule has 0 aliphatic heterocycles. The molecule has 0 saturated carbocycles. The number of hydrogen-bond acceptors (Lipinski definition) is 5. The summed E-state index contributed by atoms with van der Waals surface area (Å²) in [5.74, 6) is -0.270. The number of nitrogens with one attached hydrogen (secondary N) is 1. The number of rotatable bonds is 9. The molecule has 6 nitrogen and oxygen atoms in total. The minimum atomic E-state index is -0.896. The molecule has 0 fully saturated rings. The van der Waals surface area contributed by atoms with Crippen LogP contribution in [-0.2, 0) is 17.6 Å². The van der Waals surface area contributed by atoms with E-state index >= 15 is 0 Å². The second-order valence-electron chi connectivity index (χ2n) is 6.86. The molecule has 6 heteroatoms. The van der Waals surface area contributed by atoms with Crippen LogP contribution < -0.4 is 14.8 Å². The highest BCUT2D eigenvalue weighted by Crippen LogP contribution is 2.29. The van der Waals surface area contributed by atoms with E-state index in [0.29, 0.717) is 17.7 Å². The van der Waals surface area contributed by atoms with Crippen molar-refractivity contribution in [3.63, 3.8) is 0 Å². The van der Waals surface area contributed by atoms with Crippen molar-refractivity contribution in [1.29, 1.82) is 0 Å². The number of methoxy groups -OCH3 is 1. The Balaban J connectivity index is 1.81. The molecule has 0 aliphatic carbocycles. The second-order valence-corrected chi connectivity index (χ2v) is 6.86. The maximum absolute atomic E-state index is 13.0. The first kappa shape index (κ1) is 21.8. The Kier molecular flexibility index (Phi) is 7.54. The monoisotopic (exact) mass is 416 g/mol. The average Bonchev–Trinajstić information content (AvgIpc) is 2.81. The van der Waals surface area contributed by atoms with Crippen LogP contribution >= 0.6 is 0 Å². The summed E-state index contributed by atoms with van der Waals surface area (Å²) in [4.78, 5) is 29.6. The number of ether oxygens (including phenoxy) is 2. The molecule has 0 bridgehead atoms. The smallest absolute Gasteiger partial charge is 0.334 e. The number of pyridine rings is 1. The van der Waals surface area contributed by atoms with Gasteiger partial charge in [0.1, 0.15) is 6.04 Å². The van der Waals surface area contributed by atoms with Gasteiger partial charge in [0.15, 0.2) is 11.5 Å². The van der Waals surface area contributed by atoms with Gasteiger partial charge in [-0.3, -0.25) is 9.78 Å². The number of carbonyl (C=O) groups is 2. The van der Waals surface area contributed by atoms with Crippen molar-refractivity contribution in [2.24, 2.45) is 0 Å². The third-order valence-corrected chi connectivity index (χ3v) is 4.61. The van der Waals surface area contributed by atoms with E-state index < -0.39 is 17.9 Å². The highest BCUT2D eigenvalue weighted by molar-refractivity contribution is 5.96. The van der Waals surface area contributed by atoms with Gasteiger partial charge in [-0.2, -0.15) is 0 Å². The first-order valence-corrected chi connectivity index (χ1v) is 9.85. The average molecular weight is 416 g/mol. The molecule has 3 aromatic rings. The Hall–Kier alpha value is -3.93. The third kappa shape index (κ3) is 6.02. The van der Waals surface area contributed by atoms with Crippen LogP contribution in [0, 0.1) is 0 Å². The number of nitrogens with zero attached hydrogens (tertiary/aromatic N) is 1. The number of hydrogen-bond donors (Lipinski definition) is 1. The maximum Gasteiger partial charge on any atom is 0.334 e. The second kappa shape index (κ2) is 10.7. The molecule has 0 aliphatic rings. The quantitative estimate of drug-likeness (QED) is 0.326. The predicted octanol–water partition coefficient (Wildman–Crippen LogP) is 3.77. The van der Waals surface area contributed by atoms with Gasteiger partial charge < -0.3 is 14.8 Å². The molecule has 2 aromatic carbocycles. The number of amides is 1. The van der Waals surface area contributed by atoms with Crippen molar-refractivity contribution in [3.8, 4) is 11.5 Å². The van der Waals surface area contributed by atoms with Gasteiger partial charge >= 0.3 is 5.97 Å². The van der Waals surface area contributed by atoms with E-state index in [1.54, 1.807) is 36.5 Å². The minimum Gasteiger partial charge on any atom is -0.493 e. The molecule has 1 N–H and O–H groups in total. The molecule has 1 amide bonds. The summed E-state index contributed by atoms with van der Waals surface area (Å²) in [6.07, 6.45) is 5.76. The first-order valence-electron chi connectivity index (χ1n) is 9.85. The first-order chi connectivity index (χ1) is 15.1. The van der Waals surface area contributed by atoms with E-state index in [1.165, 1.54) is 13.3 Å². The molecule has 0 radical (unpaired) electrons. The van der Waals surface area contributed by atoms with Gasteiger partial charge in [-0.15, -0.1) is 6.58 Å². The van der Waals surface area contributed by atoms with Gasteiger partial charge in [-0.25, -0.2) is 4.79 Å². The summed E-state index contributed by atoms with van der Waals surface area (Å²) in [6.45, 7) is 3.73. The molecule has 1 heterocycles. The Labute approximate surface area is 181 Å². The summed E-state index contributed by atoms with van der Waals surface area (Å²) < 4.78 is 11.0. The molecule has 31 heavy (non-hydrogen) atoms. The molecule has 3 rings (SSSR count). The van der Waals surface area contributed by atoms with Crippen molar-refractivity contribution in [3.05, 3.63) is 102 Å². The van der Waals surface area contributed by atoms with E-state index in [9.17, 15) is 9.59 Å². The number of carbonyl (C=O) groups excluding carboxylic acids is 2. The van der Waals surface area contributed by atoms with E-state index in [1.807, 2.05) is 36.4 Å². The van der Waals surface area contributed by atoms with Gasteiger partial charge in [0, 0.05) is 18.8 Å². The van der Waals surface area contributed by atoms with Crippen molar-refractivity contribution in [1.82, 2.24) is 10.3 Å². The number of aromatic nitrogens is 1. The van der Waals surface area contributed by atoms with Gasteiger partial charge in [-0.1, -0.05) is 42.5 Å². The largest absolute Gasteiger partial charge is 0.493 e. The van der Waals surface area contributed by atoms with Crippen molar-refractivity contribution in [2.45, 2.75) is 18.9 Å². The zero-order chi connectivity index (χ0) is 22.1. The molecular formula is C25H24N2O4. The van der Waals surface area contributed by atoms with Gasteiger partial charge in [0.05, 0.1) is 12.7 Å². The number of allylic oxidation sites excluding steroid dienone is 1. The van der Waals surface area contributed by atoms with Gasteiger partial charge in [0.25, 0.3) is 5.91 Å². The van der Waals surface area contributed by atoms with Crippen LogP contribution in [0.25, 0.3) is 0 Å². The molecular weight excluding hydrogens is 392 g/mol. The lowest BCUT2D eigenvalue weighted by atomic mass is 10.1. The molecule has 1 aromatic heterocycles. The minimum absolute atomic E-state index is 0.280. The fourth-order valence-electron chi connectivity index (χ4n) is 3.05. The Morgan fingerprint density at radius 2 is 1.87 bits per heavy atom. The van der Waals surface area contributed by atoms with Crippen LogP contribution in [-0.4, -0.2) is 30.0 Å². The molecule has 1 atom stereocenters. The zero-order valence-electron chi connectivity index (χ0n) is 17.3. The SMILES string of the molecule is C=CCc1ccc(OC(=O)C(Cc2ccccc2)NC(=O)c2cccnc2)c(OC)c1. The van der Waals surface area contributed by atoms with Crippen LogP contribution in [0.15, 0.2) is 85.7 Å². The van der Waals surface area contributed by atoms with Crippen LogP contribution in [0.1, 0.15) is 21.5 Å². The van der Waals surface area contributed by atoms with Crippen LogP contribution in [0.5, 0.6) is 11.5 Å². The highest BCUT2D eigenvalue weighted by atomic mass is 16.6. The topological polar surface area (TPSA) is 77.5 Å². The Bertz CT molecular complexity index is 1040. The fraction of sp³-hybridized carbons (Fsp3) is 0.160. The fourth-order valence-corrected chi connectivity index (χ4v) is 3.05. The van der Waals surface area contributed by atoms with Crippen LogP contribution in [0.4, 0.5) is 0 Å². The van der Waals surface area contributed by atoms with Crippen molar-refractivity contribution in [2.75, 3.05) is 7.11 Å². The normalized spacial score (nSPS) is 11.3. The lowest BCUT2D eigenvalue weighted by Crippen LogP contribution is -2.44. The Morgan fingerprint density at radius 1 is 1.06 bits per heavy atom. The van der Waals surface area contributed by atoms with Crippen LogP contribution in [0.3, 0.4) is 0 Å². The van der Waals surface area contributed by atoms with Crippen LogP contribution in [0.2, 0.25) is 0 Å².